The van der Waals surface area contributed by atoms with E-state index in [1.807, 2.05) is 0 Å². The third kappa shape index (κ3) is 3.06. The Morgan fingerprint density at radius 1 is 1.40 bits per heavy atom. The normalized spacial score (nSPS) is 23.8. The van der Waals surface area contributed by atoms with Gasteiger partial charge in [-0.25, -0.2) is 4.79 Å². The summed E-state index contributed by atoms with van der Waals surface area (Å²) in [5.74, 6) is -0.910. The Bertz CT molecular complexity index is 355. The molecule has 0 aliphatic heterocycles. The first-order valence-electron chi connectivity index (χ1n) is 7.18. The summed E-state index contributed by atoms with van der Waals surface area (Å²) in [4.78, 5) is 24.2. The van der Waals surface area contributed by atoms with Gasteiger partial charge in [0.1, 0.15) is 0 Å². The summed E-state index contributed by atoms with van der Waals surface area (Å²) in [6.45, 7) is 4.40. The third-order valence-corrected chi connectivity index (χ3v) is 4.75. The van der Waals surface area contributed by atoms with Crippen LogP contribution < -0.4 is 5.32 Å². The molecule has 0 spiro atoms. The van der Waals surface area contributed by atoms with Crippen LogP contribution in [-0.4, -0.2) is 54.9 Å². The van der Waals surface area contributed by atoms with Gasteiger partial charge in [0.25, 0.3) is 0 Å². The van der Waals surface area contributed by atoms with Crippen molar-refractivity contribution in [2.75, 3.05) is 20.7 Å². The third-order valence-electron chi connectivity index (χ3n) is 4.75. The Morgan fingerprint density at radius 3 is 2.45 bits per heavy atom. The molecule has 1 rings (SSSR count). The number of carbonyl (C=O) groups excluding carboxylic acids is 1. The maximum atomic E-state index is 12.1. The van der Waals surface area contributed by atoms with Crippen LogP contribution >= 0.6 is 0 Å². The van der Waals surface area contributed by atoms with Crippen molar-refractivity contribution in [2.45, 2.75) is 51.7 Å². The van der Waals surface area contributed by atoms with E-state index in [0.29, 0.717) is 0 Å². The summed E-state index contributed by atoms with van der Waals surface area (Å²) in [6.07, 6.45) is 2.88. The summed E-state index contributed by atoms with van der Waals surface area (Å²) >= 11 is 0. The average molecular weight is 286 g/mol. The van der Waals surface area contributed by atoms with Gasteiger partial charge in [0.2, 0.25) is 0 Å². The molecule has 2 unspecified atom stereocenters. The van der Waals surface area contributed by atoms with Gasteiger partial charge in [-0.05, 0) is 19.3 Å². The lowest BCUT2D eigenvalue weighted by molar-refractivity contribution is -0.146. The fraction of sp³-hybridized carbons (Fsp3) is 0.857. The lowest BCUT2D eigenvalue weighted by atomic mass is 9.58. The minimum absolute atomic E-state index is 0.00758. The molecule has 1 aliphatic carbocycles. The van der Waals surface area contributed by atoms with E-state index in [4.69, 9.17) is 9.84 Å². The molecule has 1 aliphatic rings. The second-order valence-electron chi connectivity index (χ2n) is 5.40. The van der Waals surface area contributed by atoms with Crippen LogP contribution in [0.25, 0.3) is 0 Å². The van der Waals surface area contributed by atoms with E-state index in [-0.39, 0.29) is 36.6 Å². The van der Waals surface area contributed by atoms with Crippen molar-refractivity contribution in [3.8, 4) is 0 Å². The maximum absolute atomic E-state index is 12.1. The average Bonchev–Trinajstić information content (AvgIpc) is 2.39. The Morgan fingerprint density at radius 2 is 2.00 bits per heavy atom. The van der Waals surface area contributed by atoms with Gasteiger partial charge in [-0.3, -0.25) is 4.79 Å². The number of nitrogens with one attached hydrogen (secondary N) is 1. The number of carboxylic acids is 1. The number of ether oxygens (including phenoxy) is 1. The van der Waals surface area contributed by atoms with Crippen LogP contribution in [0.5, 0.6) is 0 Å². The van der Waals surface area contributed by atoms with E-state index >= 15 is 0 Å². The van der Waals surface area contributed by atoms with E-state index in [0.717, 1.165) is 19.3 Å². The first kappa shape index (κ1) is 16.8. The standard InChI is InChI=1S/C14H26N2O4/c1-5-14(6-2)10(9-11(14)20-4)16(3)13(19)15-8-7-12(17)18/h10-11H,5-9H2,1-4H3,(H,15,19)(H,17,18). The van der Waals surface area contributed by atoms with Crippen molar-refractivity contribution >= 4 is 12.0 Å². The molecule has 0 bridgehead atoms. The largest absolute Gasteiger partial charge is 0.481 e. The zero-order valence-electron chi connectivity index (χ0n) is 12.8. The lowest BCUT2D eigenvalue weighted by Crippen LogP contribution is -2.65. The van der Waals surface area contributed by atoms with Crippen molar-refractivity contribution < 1.29 is 19.4 Å². The van der Waals surface area contributed by atoms with Crippen molar-refractivity contribution in [3.05, 3.63) is 0 Å². The van der Waals surface area contributed by atoms with E-state index in [1.54, 1.807) is 19.1 Å². The minimum Gasteiger partial charge on any atom is -0.481 e. The van der Waals surface area contributed by atoms with Crippen molar-refractivity contribution in [2.24, 2.45) is 5.41 Å². The monoisotopic (exact) mass is 286 g/mol. The number of urea groups is 1. The number of hydrogen-bond acceptors (Lipinski definition) is 3. The molecule has 0 aromatic carbocycles. The second kappa shape index (κ2) is 6.92. The Kier molecular flexibility index (Phi) is 5.80. The molecule has 116 valence electrons. The molecule has 1 fully saturated rings. The molecule has 0 radical (unpaired) electrons. The summed E-state index contributed by atoms with van der Waals surface area (Å²) in [7, 11) is 3.49. The van der Waals surface area contributed by atoms with Crippen LogP contribution in [0.4, 0.5) is 4.79 Å². The molecule has 0 heterocycles. The van der Waals surface area contributed by atoms with Crippen LogP contribution in [0.15, 0.2) is 0 Å². The number of amides is 2. The van der Waals surface area contributed by atoms with Gasteiger partial charge in [-0.1, -0.05) is 13.8 Å². The number of methoxy groups -OCH3 is 1. The highest BCUT2D eigenvalue weighted by atomic mass is 16.5. The van der Waals surface area contributed by atoms with Crippen LogP contribution in [0.1, 0.15) is 39.5 Å². The molecule has 20 heavy (non-hydrogen) atoms. The highest BCUT2D eigenvalue weighted by molar-refractivity contribution is 5.75. The van der Waals surface area contributed by atoms with Crippen molar-refractivity contribution in [3.63, 3.8) is 0 Å². The molecule has 2 atom stereocenters. The highest BCUT2D eigenvalue weighted by Gasteiger charge is 2.55. The highest BCUT2D eigenvalue weighted by Crippen LogP contribution is 2.50. The Labute approximate surface area is 120 Å². The molecule has 2 N–H and O–H groups in total. The zero-order chi connectivity index (χ0) is 15.3. The van der Waals surface area contributed by atoms with Crippen molar-refractivity contribution in [1.29, 1.82) is 0 Å². The summed E-state index contributed by atoms with van der Waals surface area (Å²) < 4.78 is 5.52. The smallest absolute Gasteiger partial charge is 0.317 e. The maximum Gasteiger partial charge on any atom is 0.317 e. The van der Waals surface area contributed by atoms with E-state index < -0.39 is 5.97 Å². The van der Waals surface area contributed by atoms with Crippen LogP contribution in [-0.2, 0) is 9.53 Å². The van der Waals surface area contributed by atoms with Crippen molar-refractivity contribution in [1.82, 2.24) is 10.2 Å². The Hall–Kier alpha value is -1.30. The number of carbonyl (C=O) groups is 2. The summed E-state index contributed by atoms with van der Waals surface area (Å²) in [5, 5.41) is 11.2. The van der Waals surface area contributed by atoms with Gasteiger partial charge in [0.15, 0.2) is 0 Å². The molecule has 6 nitrogen and oxygen atoms in total. The van der Waals surface area contributed by atoms with E-state index in [1.165, 1.54) is 0 Å². The fourth-order valence-corrected chi connectivity index (χ4v) is 3.32. The number of aliphatic carboxylic acids is 1. The summed E-state index contributed by atoms with van der Waals surface area (Å²) in [6, 6.07) is -0.0654. The summed E-state index contributed by atoms with van der Waals surface area (Å²) in [5.41, 5.74) is 0.00758. The van der Waals surface area contributed by atoms with Crippen LogP contribution in [0.3, 0.4) is 0 Å². The zero-order valence-corrected chi connectivity index (χ0v) is 12.8. The quantitative estimate of drug-likeness (QED) is 0.746. The number of rotatable bonds is 7. The van der Waals surface area contributed by atoms with Gasteiger partial charge in [0, 0.05) is 32.2 Å². The topological polar surface area (TPSA) is 78.9 Å². The van der Waals surface area contributed by atoms with E-state index in [9.17, 15) is 9.59 Å². The molecule has 0 aromatic rings. The molecule has 0 aromatic heterocycles. The molecular weight excluding hydrogens is 260 g/mol. The minimum atomic E-state index is -0.910. The van der Waals surface area contributed by atoms with Gasteiger partial charge < -0.3 is 20.1 Å². The molecule has 0 saturated heterocycles. The number of nitrogens with zero attached hydrogens (tertiary/aromatic N) is 1. The lowest BCUT2D eigenvalue weighted by Gasteiger charge is -2.57. The molecule has 6 heteroatoms. The molecule has 1 saturated carbocycles. The van der Waals surface area contributed by atoms with Gasteiger partial charge in [-0.15, -0.1) is 0 Å². The Balaban J connectivity index is 2.60. The SMILES string of the molecule is CCC1(CC)C(OC)CC1N(C)C(=O)NCCC(=O)O. The molecular formula is C14H26N2O4. The first-order valence-corrected chi connectivity index (χ1v) is 7.18. The van der Waals surface area contributed by atoms with Crippen LogP contribution in [0, 0.1) is 5.41 Å². The van der Waals surface area contributed by atoms with E-state index in [2.05, 4.69) is 19.2 Å². The second-order valence-corrected chi connectivity index (χ2v) is 5.40. The van der Waals surface area contributed by atoms with Gasteiger partial charge >= 0.3 is 12.0 Å². The van der Waals surface area contributed by atoms with Gasteiger partial charge in [0.05, 0.1) is 12.5 Å². The van der Waals surface area contributed by atoms with Crippen LogP contribution in [0.2, 0.25) is 0 Å². The fourth-order valence-electron chi connectivity index (χ4n) is 3.32. The number of carboxylic acid groups (broad SMARTS) is 1. The predicted molar refractivity (Wildman–Crippen MR) is 75.6 cm³/mol. The van der Waals surface area contributed by atoms with Gasteiger partial charge in [-0.2, -0.15) is 0 Å². The molecule has 2 amide bonds. The first-order chi connectivity index (χ1) is 9.42. The predicted octanol–water partition coefficient (Wildman–Crippen LogP) is 1.70. The number of hydrogen-bond donors (Lipinski definition) is 2.